The quantitative estimate of drug-likeness (QED) is 0.553. The molecular formula is C20H17Cl2NO3S. The van der Waals surface area contributed by atoms with Gasteiger partial charge >= 0.3 is 0 Å². The minimum atomic E-state index is -0.282. The molecule has 1 aliphatic rings. The molecule has 0 aromatic heterocycles. The summed E-state index contributed by atoms with van der Waals surface area (Å²) in [5.74, 6) is 0.235. The zero-order valence-corrected chi connectivity index (χ0v) is 17.1. The molecule has 2 aromatic rings. The highest BCUT2D eigenvalue weighted by atomic mass is 35.5. The van der Waals surface area contributed by atoms with Gasteiger partial charge in [0.25, 0.3) is 11.1 Å². The van der Waals surface area contributed by atoms with E-state index in [1.807, 2.05) is 18.2 Å². The van der Waals surface area contributed by atoms with E-state index in [1.54, 1.807) is 44.2 Å². The van der Waals surface area contributed by atoms with Crippen molar-refractivity contribution in [2.75, 3.05) is 0 Å². The Morgan fingerprint density at radius 2 is 1.85 bits per heavy atom. The number of rotatable bonds is 5. The van der Waals surface area contributed by atoms with E-state index in [1.165, 1.54) is 4.90 Å². The van der Waals surface area contributed by atoms with Crippen LogP contribution in [0.25, 0.3) is 6.08 Å². The standard InChI is InChI=1S/C20H17Cl2NO3S/c1-12(2)23-19(24)18(27-20(23)25)10-13-7-8-17(16(22)9-13)26-11-14-5-3-4-6-15(14)21/h3-10,12H,11H2,1-2H3/b18-10-. The molecule has 0 N–H and O–H groups in total. The third-order valence-electron chi connectivity index (χ3n) is 3.93. The van der Waals surface area contributed by atoms with Crippen LogP contribution in [0.15, 0.2) is 47.4 Å². The molecular weight excluding hydrogens is 405 g/mol. The molecule has 3 rings (SSSR count). The van der Waals surface area contributed by atoms with Crippen LogP contribution in [-0.2, 0) is 11.4 Å². The number of benzene rings is 2. The van der Waals surface area contributed by atoms with Crippen molar-refractivity contribution >= 4 is 52.2 Å². The average Bonchev–Trinajstić information content (AvgIpc) is 2.89. The van der Waals surface area contributed by atoms with Crippen LogP contribution >= 0.6 is 35.0 Å². The van der Waals surface area contributed by atoms with Gasteiger partial charge in [0, 0.05) is 16.6 Å². The van der Waals surface area contributed by atoms with E-state index in [4.69, 9.17) is 27.9 Å². The Bertz CT molecular complexity index is 927. The Balaban J connectivity index is 1.74. The minimum absolute atomic E-state index is 0.174. The summed E-state index contributed by atoms with van der Waals surface area (Å²) in [7, 11) is 0. The fourth-order valence-corrected chi connectivity index (χ4v) is 3.97. The molecule has 0 unspecified atom stereocenters. The molecule has 1 aliphatic heterocycles. The van der Waals surface area contributed by atoms with Gasteiger partial charge < -0.3 is 4.74 Å². The first-order chi connectivity index (χ1) is 12.9. The van der Waals surface area contributed by atoms with E-state index in [0.29, 0.717) is 27.3 Å². The molecule has 4 nitrogen and oxygen atoms in total. The van der Waals surface area contributed by atoms with Crippen LogP contribution in [-0.4, -0.2) is 22.1 Å². The zero-order valence-electron chi connectivity index (χ0n) is 14.7. The van der Waals surface area contributed by atoms with Crippen molar-refractivity contribution in [1.29, 1.82) is 0 Å². The summed E-state index contributed by atoms with van der Waals surface area (Å²) >= 11 is 13.4. The van der Waals surface area contributed by atoms with Gasteiger partial charge in [-0.15, -0.1) is 0 Å². The second-order valence-corrected chi connectivity index (χ2v) is 8.02. The monoisotopic (exact) mass is 421 g/mol. The molecule has 27 heavy (non-hydrogen) atoms. The Morgan fingerprint density at radius 3 is 2.48 bits per heavy atom. The number of carbonyl (C=O) groups is 2. The predicted molar refractivity (Wildman–Crippen MR) is 110 cm³/mol. The van der Waals surface area contributed by atoms with E-state index in [2.05, 4.69) is 0 Å². The normalized spacial score (nSPS) is 15.9. The summed E-state index contributed by atoms with van der Waals surface area (Å²) in [6, 6.07) is 12.5. The number of ether oxygens (including phenoxy) is 1. The van der Waals surface area contributed by atoms with Crippen molar-refractivity contribution in [3.05, 3.63) is 68.5 Å². The van der Waals surface area contributed by atoms with Gasteiger partial charge in [-0.3, -0.25) is 14.5 Å². The summed E-state index contributed by atoms with van der Waals surface area (Å²) in [5.41, 5.74) is 1.58. The summed E-state index contributed by atoms with van der Waals surface area (Å²) in [4.78, 5) is 25.9. The van der Waals surface area contributed by atoms with Crippen molar-refractivity contribution in [3.63, 3.8) is 0 Å². The maximum Gasteiger partial charge on any atom is 0.293 e. The fourth-order valence-electron chi connectivity index (χ4n) is 2.57. The molecule has 0 bridgehead atoms. The van der Waals surface area contributed by atoms with Crippen molar-refractivity contribution in [1.82, 2.24) is 4.90 Å². The van der Waals surface area contributed by atoms with Gasteiger partial charge in [-0.2, -0.15) is 0 Å². The van der Waals surface area contributed by atoms with E-state index in [0.717, 1.165) is 22.9 Å². The smallest absolute Gasteiger partial charge is 0.293 e. The fraction of sp³-hybridized carbons (Fsp3) is 0.200. The molecule has 0 aliphatic carbocycles. The van der Waals surface area contributed by atoms with E-state index in [-0.39, 0.29) is 17.2 Å². The third-order valence-corrected chi connectivity index (χ3v) is 5.48. The Kier molecular flexibility index (Phi) is 6.15. The average molecular weight is 422 g/mol. The largest absolute Gasteiger partial charge is 0.487 e. The second kappa shape index (κ2) is 8.38. The van der Waals surface area contributed by atoms with E-state index < -0.39 is 0 Å². The van der Waals surface area contributed by atoms with Gasteiger partial charge in [-0.05, 0) is 55.4 Å². The lowest BCUT2D eigenvalue weighted by molar-refractivity contribution is -0.123. The Hall–Kier alpha value is -1.95. The molecule has 2 aromatic carbocycles. The molecule has 0 atom stereocenters. The molecule has 2 amide bonds. The molecule has 1 fully saturated rings. The Morgan fingerprint density at radius 1 is 1.11 bits per heavy atom. The number of imide groups is 1. The van der Waals surface area contributed by atoms with Gasteiger partial charge in [0.2, 0.25) is 0 Å². The number of thioether (sulfide) groups is 1. The highest BCUT2D eigenvalue weighted by molar-refractivity contribution is 8.18. The molecule has 0 spiro atoms. The van der Waals surface area contributed by atoms with Gasteiger partial charge in [0.15, 0.2) is 0 Å². The molecule has 140 valence electrons. The van der Waals surface area contributed by atoms with Gasteiger partial charge in [0.05, 0.1) is 9.93 Å². The van der Waals surface area contributed by atoms with Crippen molar-refractivity contribution < 1.29 is 14.3 Å². The number of hydrogen-bond donors (Lipinski definition) is 0. The summed E-state index contributed by atoms with van der Waals surface area (Å²) in [6.45, 7) is 3.91. The van der Waals surface area contributed by atoms with Crippen LogP contribution in [0.2, 0.25) is 10.0 Å². The minimum Gasteiger partial charge on any atom is -0.487 e. The maximum atomic E-state index is 12.4. The molecule has 0 radical (unpaired) electrons. The van der Waals surface area contributed by atoms with E-state index >= 15 is 0 Å². The van der Waals surface area contributed by atoms with Crippen LogP contribution in [0, 0.1) is 0 Å². The third kappa shape index (κ3) is 4.49. The number of carbonyl (C=O) groups excluding carboxylic acids is 2. The lowest BCUT2D eigenvalue weighted by Gasteiger charge is -2.16. The lowest BCUT2D eigenvalue weighted by atomic mass is 10.2. The van der Waals surface area contributed by atoms with Gasteiger partial charge in [-0.1, -0.05) is 47.5 Å². The number of nitrogens with zero attached hydrogens (tertiary/aromatic N) is 1. The summed E-state index contributed by atoms with van der Waals surface area (Å²) < 4.78 is 5.74. The predicted octanol–water partition coefficient (Wildman–Crippen LogP) is 6.02. The Labute approximate surface area is 172 Å². The van der Waals surface area contributed by atoms with Crippen molar-refractivity contribution in [3.8, 4) is 5.75 Å². The first-order valence-corrected chi connectivity index (χ1v) is 9.87. The SMILES string of the molecule is CC(C)N1C(=O)S/C(=C\c2ccc(OCc3ccccc3Cl)c(Cl)c2)C1=O. The van der Waals surface area contributed by atoms with Crippen LogP contribution in [0.4, 0.5) is 4.79 Å². The van der Waals surface area contributed by atoms with Crippen LogP contribution in [0.5, 0.6) is 5.75 Å². The van der Waals surface area contributed by atoms with Crippen molar-refractivity contribution in [2.45, 2.75) is 26.5 Å². The second-order valence-electron chi connectivity index (χ2n) is 6.22. The molecule has 1 heterocycles. The van der Waals surface area contributed by atoms with Gasteiger partial charge in [-0.25, -0.2) is 0 Å². The molecule has 7 heteroatoms. The highest BCUT2D eigenvalue weighted by Gasteiger charge is 2.36. The van der Waals surface area contributed by atoms with Crippen LogP contribution in [0.3, 0.4) is 0 Å². The summed E-state index contributed by atoms with van der Waals surface area (Å²) in [5, 5.41) is 0.789. The van der Waals surface area contributed by atoms with Crippen molar-refractivity contribution in [2.24, 2.45) is 0 Å². The molecule has 0 saturated carbocycles. The van der Waals surface area contributed by atoms with Gasteiger partial charge in [0.1, 0.15) is 12.4 Å². The lowest BCUT2D eigenvalue weighted by Crippen LogP contribution is -2.34. The topological polar surface area (TPSA) is 46.6 Å². The zero-order chi connectivity index (χ0) is 19.6. The molecule has 1 saturated heterocycles. The number of amides is 2. The highest BCUT2D eigenvalue weighted by Crippen LogP contribution is 2.35. The first kappa shape index (κ1) is 19.8. The van der Waals surface area contributed by atoms with Crippen LogP contribution < -0.4 is 4.74 Å². The van der Waals surface area contributed by atoms with Crippen LogP contribution in [0.1, 0.15) is 25.0 Å². The van der Waals surface area contributed by atoms with E-state index in [9.17, 15) is 9.59 Å². The number of hydrogen-bond acceptors (Lipinski definition) is 4. The summed E-state index contributed by atoms with van der Waals surface area (Å²) in [6.07, 6.45) is 1.66. The number of halogens is 2. The first-order valence-electron chi connectivity index (χ1n) is 8.29. The maximum absolute atomic E-state index is 12.4.